The van der Waals surface area contributed by atoms with E-state index in [0.717, 1.165) is 5.56 Å². The summed E-state index contributed by atoms with van der Waals surface area (Å²) in [5, 5.41) is 11.9. The van der Waals surface area contributed by atoms with Crippen LogP contribution >= 0.6 is 0 Å². The first-order valence-electron chi connectivity index (χ1n) is 4.85. The molecule has 0 fully saturated rings. The summed E-state index contributed by atoms with van der Waals surface area (Å²) >= 11 is 0. The van der Waals surface area contributed by atoms with Crippen LogP contribution in [-0.2, 0) is 0 Å². The van der Waals surface area contributed by atoms with Crippen LogP contribution in [0, 0.1) is 6.92 Å². The molecule has 0 heterocycles. The fourth-order valence-electron chi connectivity index (χ4n) is 1.64. The van der Waals surface area contributed by atoms with E-state index in [2.05, 4.69) is 31.2 Å². The quantitative estimate of drug-likeness (QED) is 0.725. The van der Waals surface area contributed by atoms with Gasteiger partial charge in [-0.2, -0.15) is 0 Å². The number of aliphatic hydroxyl groups excluding tert-OH is 1. The number of hydrogen-bond acceptors (Lipinski definition) is 1. The zero-order valence-electron chi connectivity index (χ0n) is 8.49. The average molecular weight is 186 g/mol. The summed E-state index contributed by atoms with van der Waals surface area (Å²) in [5.74, 6) is 0. The van der Waals surface area contributed by atoms with Crippen LogP contribution < -0.4 is 0 Å². The van der Waals surface area contributed by atoms with Gasteiger partial charge in [-0.25, -0.2) is 0 Å². The molecule has 14 heavy (non-hydrogen) atoms. The first-order chi connectivity index (χ1) is 6.66. The van der Waals surface area contributed by atoms with Gasteiger partial charge in [0.05, 0.1) is 6.10 Å². The minimum absolute atomic E-state index is 0.388. The van der Waals surface area contributed by atoms with Crippen molar-refractivity contribution in [3.05, 3.63) is 47.5 Å². The molecule has 2 aromatic carbocycles. The Kier molecular flexibility index (Phi) is 2.26. The van der Waals surface area contributed by atoms with Crippen molar-refractivity contribution < 1.29 is 5.11 Å². The van der Waals surface area contributed by atoms with Crippen molar-refractivity contribution in [1.82, 2.24) is 0 Å². The third-order valence-corrected chi connectivity index (χ3v) is 2.50. The Labute approximate surface area is 84.0 Å². The molecule has 2 rings (SSSR count). The number of rotatable bonds is 1. The van der Waals surface area contributed by atoms with E-state index in [1.54, 1.807) is 6.92 Å². The van der Waals surface area contributed by atoms with Crippen LogP contribution in [0.2, 0.25) is 0 Å². The zero-order valence-corrected chi connectivity index (χ0v) is 8.49. The van der Waals surface area contributed by atoms with Gasteiger partial charge >= 0.3 is 0 Å². The molecule has 1 nitrogen and oxygen atoms in total. The SMILES string of the molecule is Cc1ccc2cc(C(C)O)ccc2c1. The summed E-state index contributed by atoms with van der Waals surface area (Å²) in [6.07, 6.45) is -0.388. The zero-order chi connectivity index (χ0) is 10.1. The largest absolute Gasteiger partial charge is 0.389 e. The topological polar surface area (TPSA) is 20.2 Å². The predicted molar refractivity (Wildman–Crippen MR) is 59.3 cm³/mol. The Morgan fingerprint density at radius 1 is 1.00 bits per heavy atom. The number of benzene rings is 2. The first kappa shape index (κ1) is 9.22. The normalized spacial score (nSPS) is 13.1. The van der Waals surface area contributed by atoms with Crippen molar-refractivity contribution in [1.29, 1.82) is 0 Å². The fourth-order valence-corrected chi connectivity index (χ4v) is 1.64. The molecule has 1 heteroatoms. The lowest BCUT2D eigenvalue weighted by Crippen LogP contribution is -1.90. The Hall–Kier alpha value is -1.34. The molecule has 1 unspecified atom stereocenters. The van der Waals surface area contributed by atoms with Gasteiger partial charge in [0.15, 0.2) is 0 Å². The molecule has 0 aromatic heterocycles. The standard InChI is InChI=1S/C13H14O/c1-9-3-4-13-8-11(10(2)14)5-6-12(13)7-9/h3-8,10,14H,1-2H3. The molecule has 0 spiro atoms. The van der Waals surface area contributed by atoms with Crippen LogP contribution in [0.4, 0.5) is 0 Å². The Bertz CT molecular complexity index is 458. The summed E-state index contributed by atoms with van der Waals surface area (Å²) in [7, 11) is 0. The summed E-state index contributed by atoms with van der Waals surface area (Å²) in [6.45, 7) is 3.87. The molecule has 0 aliphatic rings. The predicted octanol–water partition coefficient (Wildman–Crippen LogP) is 3.20. The number of aryl methyl sites for hydroxylation is 1. The van der Waals surface area contributed by atoms with Gasteiger partial charge < -0.3 is 5.11 Å². The van der Waals surface area contributed by atoms with Crippen LogP contribution in [0.5, 0.6) is 0 Å². The third kappa shape index (κ3) is 1.64. The Morgan fingerprint density at radius 3 is 2.36 bits per heavy atom. The maximum Gasteiger partial charge on any atom is 0.0762 e. The van der Waals surface area contributed by atoms with Crippen LogP contribution in [-0.4, -0.2) is 5.11 Å². The molecule has 1 atom stereocenters. The van der Waals surface area contributed by atoms with Gasteiger partial charge in [0.1, 0.15) is 0 Å². The fraction of sp³-hybridized carbons (Fsp3) is 0.231. The molecule has 0 bridgehead atoms. The van der Waals surface area contributed by atoms with Gasteiger partial charge in [-0.1, -0.05) is 35.9 Å². The molecular formula is C13H14O. The molecule has 1 N–H and O–H groups in total. The second kappa shape index (κ2) is 3.43. The van der Waals surface area contributed by atoms with Crippen LogP contribution in [0.15, 0.2) is 36.4 Å². The maximum atomic E-state index is 9.44. The monoisotopic (exact) mass is 186 g/mol. The maximum absolute atomic E-state index is 9.44. The first-order valence-corrected chi connectivity index (χ1v) is 4.85. The summed E-state index contributed by atoms with van der Waals surface area (Å²) < 4.78 is 0. The number of hydrogen-bond donors (Lipinski definition) is 1. The van der Waals surface area contributed by atoms with Crippen molar-refractivity contribution in [3.63, 3.8) is 0 Å². The van der Waals surface area contributed by atoms with Gasteiger partial charge in [0.2, 0.25) is 0 Å². The van der Waals surface area contributed by atoms with Crippen LogP contribution in [0.3, 0.4) is 0 Å². The summed E-state index contributed by atoms with van der Waals surface area (Å²) in [4.78, 5) is 0. The molecule has 0 amide bonds. The highest BCUT2D eigenvalue weighted by Crippen LogP contribution is 2.21. The molecule has 2 aromatic rings. The van der Waals surface area contributed by atoms with Crippen molar-refractivity contribution in [2.24, 2.45) is 0 Å². The van der Waals surface area contributed by atoms with E-state index in [-0.39, 0.29) is 6.10 Å². The lowest BCUT2D eigenvalue weighted by molar-refractivity contribution is 0.199. The van der Waals surface area contributed by atoms with Crippen molar-refractivity contribution in [2.45, 2.75) is 20.0 Å². The highest BCUT2D eigenvalue weighted by Gasteiger charge is 2.01. The van der Waals surface area contributed by atoms with Crippen molar-refractivity contribution in [3.8, 4) is 0 Å². The summed E-state index contributed by atoms with van der Waals surface area (Å²) in [6, 6.07) is 12.4. The minimum Gasteiger partial charge on any atom is -0.389 e. The molecule has 0 aliphatic heterocycles. The van der Waals surface area contributed by atoms with Crippen LogP contribution in [0.25, 0.3) is 10.8 Å². The Morgan fingerprint density at radius 2 is 1.64 bits per heavy atom. The third-order valence-electron chi connectivity index (χ3n) is 2.50. The van der Waals surface area contributed by atoms with Gasteiger partial charge in [0.25, 0.3) is 0 Å². The van der Waals surface area contributed by atoms with E-state index < -0.39 is 0 Å². The van der Waals surface area contributed by atoms with Crippen LogP contribution in [0.1, 0.15) is 24.2 Å². The van der Waals surface area contributed by atoms with E-state index in [9.17, 15) is 5.11 Å². The second-order valence-corrected chi connectivity index (χ2v) is 3.79. The van der Waals surface area contributed by atoms with E-state index >= 15 is 0 Å². The lowest BCUT2D eigenvalue weighted by Gasteiger charge is -2.06. The van der Waals surface area contributed by atoms with E-state index in [1.807, 2.05) is 12.1 Å². The number of fused-ring (bicyclic) bond motifs is 1. The number of aliphatic hydroxyl groups is 1. The highest BCUT2D eigenvalue weighted by atomic mass is 16.3. The molecule has 0 saturated carbocycles. The molecule has 0 radical (unpaired) electrons. The van der Waals surface area contributed by atoms with Gasteiger partial charge in [-0.05, 0) is 36.2 Å². The molecular weight excluding hydrogens is 172 g/mol. The lowest BCUT2D eigenvalue weighted by atomic mass is 10.0. The average Bonchev–Trinajstić information content (AvgIpc) is 2.16. The van der Waals surface area contributed by atoms with Crippen molar-refractivity contribution >= 4 is 10.8 Å². The minimum atomic E-state index is -0.388. The van der Waals surface area contributed by atoms with E-state index in [0.29, 0.717) is 0 Å². The van der Waals surface area contributed by atoms with Gasteiger partial charge in [0, 0.05) is 0 Å². The summed E-state index contributed by atoms with van der Waals surface area (Å²) in [5.41, 5.74) is 2.24. The van der Waals surface area contributed by atoms with Gasteiger partial charge in [-0.3, -0.25) is 0 Å². The molecule has 0 saturated heterocycles. The van der Waals surface area contributed by atoms with E-state index in [4.69, 9.17) is 0 Å². The van der Waals surface area contributed by atoms with Crippen molar-refractivity contribution in [2.75, 3.05) is 0 Å². The molecule has 72 valence electrons. The van der Waals surface area contributed by atoms with Gasteiger partial charge in [-0.15, -0.1) is 0 Å². The molecule has 0 aliphatic carbocycles. The van der Waals surface area contributed by atoms with E-state index in [1.165, 1.54) is 16.3 Å². The second-order valence-electron chi connectivity index (χ2n) is 3.79. The Balaban J connectivity index is 2.62. The smallest absolute Gasteiger partial charge is 0.0762 e. The highest BCUT2D eigenvalue weighted by molar-refractivity contribution is 5.83.